The van der Waals surface area contributed by atoms with Crippen LogP contribution in [0.4, 0.5) is 0 Å². The number of rotatable bonds is 9. The third kappa shape index (κ3) is 6.89. The van der Waals surface area contributed by atoms with E-state index in [0.29, 0.717) is 0 Å². The van der Waals surface area contributed by atoms with Crippen molar-refractivity contribution in [3.63, 3.8) is 0 Å². The van der Waals surface area contributed by atoms with Crippen molar-refractivity contribution in [2.75, 3.05) is 13.2 Å². The van der Waals surface area contributed by atoms with Crippen LogP contribution in [0.2, 0.25) is 0 Å². The number of aliphatic hydroxyl groups excluding tert-OH is 2. The van der Waals surface area contributed by atoms with Crippen LogP contribution in [0, 0.1) is 29.1 Å². The van der Waals surface area contributed by atoms with Gasteiger partial charge >= 0.3 is 29.8 Å². The third-order valence-corrected chi connectivity index (χ3v) is 9.81. The Morgan fingerprint density at radius 3 is 2.08 bits per heavy atom. The first-order chi connectivity index (χ1) is 22.3. The van der Waals surface area contributed by atoms with E-state index in [2.05, 4.69) is 0 Å². The van der Waals surface area contributed by atoms with E-state index < -0.39 is 94.9 Å². The van der Waals surface area contributed by atoms with E-state index in [9.17, 15) is 39.3 Å². The molecule has 2 heterocycles. The molecule has 0 unspecified atom stereocenters. The first-order valence-corrected chi connectivity index (χ1v) is 16.3. The predicted octanol–water partition coefficient (Wildman–Crippen LogP) is 1.31. The summed E-state index contributed by atoms with van der Waals surface area (Å²) in [6, 6.07) is 0. The minimum atomic E-state index is -2.35. The molecule has 0 aromatic rings. The molecule has 11 atom stereocenters. The first kappa shape index (κ1) is 37.5. The van der Waals surface area contributed by atoms with Gasteiger partial charge in [0.25, 0.3) is 0 Å². The number of hydrogen-bond acceptors (Lipinski definition) is 14. The van der Waals surface area contributed by atoms with Gasteiger partial charge in [-0.3, -0.25) is 24.0 Å². The largest absolute Gasteiger partial charge is 0.461 e. The lowest BCUT2D eigenvalue weighted by Crippen LogP contribution is -2.75. The predicted molar refractivity (Wildman–Crippen MR) is 164 cm³/mol. The van der Waals surface area contributed by atoms with Crippen molar-refractivity contribution >= 4 is 29.8 Å². The molecule has 3 fully saturated rings. The van der Waals surface area contributed by atoms with Crippen LogP contribution < -0.4 is 0 Å². The molecule has 2 saturated heterocycles. The average Bonchev–Trinajstić information content (AvgIpc) is 3.73. The molecule has 0 amide bonds. The maximum absolute atomic E-state index is 13.2. The standard InChI is InChI=1S/C34H48O14/c1-16(2)11-24(37)43-14-21-9-10-22(45-19(6)35)32(8)27(30(46-20(7)36)34(42)18(5)31(41)47-23(34)13-21)33(15-44-33)29(40)26(28(32)39)48-25(38)12-17(3)4/h9-10,13,16-18,22-23,26-30,39-40,42H,11-12,14-15H2,1-8H3/t18-,22-,23-,26+,27+,28-,29+,30-,32+,33-,34-/m0/s1. The lowest BCUT2D eigenvalue weighted by atomic mass is 9.51. The van der Waals surface area contributed by atoms with Crippen LogP contribution in [0.1, 0.15) is 68.2 Å². The summed E-state index contributed by atoms with van der Waals surface area (Å²) in [6.07, 6.45) is -5.45. The zero-order chi connectivity index (χ0) is 35.9. The summed E-state index contributed by atoms with van der Waals surface area (Å²) in [5, 5.41) is 36.6. The van der Waals surface area contributed by atoms with Gasteiger partial charge in [-0.2, -0.15) is 0 Å². The van der Waals surface area contributed by atoms with Crippen molar-refractivity contribution in [1.82, 2.24) is 0 Å². The van der Waals surface area contributed by atoms with Gasteiger partial charge in [-0.1, -0.05) is 40.7 Å². The van der Waals surface area contributed by atoms with E-state index in [4.69, 9.17) is 28.4 Å². The molecule has 2 aliphatic carbocycles. The molecule has 2 aliphatic heterocycles. The van der Waals surface area contributed by atoms with Gasteiger partial charge in [-0.25, -0.2) is 0 Å². The lowest BCUT2D eigenvalue weighted by molar-refractivity contribution is -0.273. The summed E-state index contributed by atoms with van der Waals surface area (Å²) in [5.41, 5.74) is -5.69. The zero-order valence-corrected chi connectivity index (χ0v) is 28.7. The Morgan fingerprint density at radius 2 is 1.54 bits per heavy atom. The highest BCUT2D eigenvalue weighted by molar-refractivity contribution is 5.78. The van der Waals surface area contributed by atoms with Crippen molar-refractivity contribution in [3.05, 3.63) is 23.8 Å². The van der Waals surface area contributed by atoms with Gasteiger partial charge in [0, 0.05) is 38.0 Å². The topological polar surface area (TPSA) is 205 Å². The molecule has 14 nitrogen and oxygen atoms in total. The van der Waals surface area contributed by atoms with Gasteiger partial charge < -0.3 is 43.7 Å². The molecule has 1 saturated carbocycles. The van der Waals surface area contributed by atoms with E-state index in [1.165, 1.54) is 32.1 Å². The maximum atomic E-state index is 13.2. The third-order valence-electron chi connectivity index (χ3n) is 9.81. The molecule has 3 N–H and O–H groups in total. The van der Waals surface area contributed by atoms with Crippen molar-refractivity contribution in [2.45, 2.75) is 116 Å². The van der Waals surface area contributed by atoms with Crippen LogP contribution in [0.3, 0.4) is 0 Å². The van der Waals surface area contributed by atoms with Gasteiger partial charge in [-0.15, -0.1) is 0 Å². The Kier molecular flexibility index (Phi) is 10.8. The molecular formula is C34H48O14. The molecule has 0 bridgehead atoms. The molecule has 0 aromatic carbocycles. The van der Waals surface area contributed by atoms with E-state index in [1.54, 1.807) is 13.8 Å². The number of carbonyl (C=O) groups is 5. The number of ether oxygens (including phenoxy) is 6. The number of hydrogen-bond donors (Lipinski definition) is 3. The van der Waals surface area contributed by atoms with Crippen LogP contribution in [-0.4, -0.2) is 106 Å². The smallest absolute Gasteiger partial charge is 0.312 e. The molecule has 268 valence electrons. The quantitative estimate of drug-likeness (QED) is 0.179. The van der Waals surface area contributed by atoms with E-state index >= 15 is 0 Å². The molecule has 48 heavy (non-hydrogen) atoms. The second-order valence-electron chi connectivity index (χ2n) is 14.4. The number of aliphatic hydroxyl groups is 3. The van der Waals surface area contributed by atoms with Crippen molar-refractivity contribution in [3.8, 4) is 0 Å². The van der Waals surface area contributed by atoms with E-state index in [-0.39, 0.29) is 43.5 Å². The van der Waals surface area contributed by atoms with Gasteiger partial charge in [0.2, 0.25) is 0 Å². The second-order valence-corrected chi connectivity index (χ2v) is 14.4. The summed E-state index contributed by atoms with van der Waals surface area (Å²) < 4.78 is 34.3. The fourth-order valence-electron chi connectivity index (χ4n) is 7.33. The molecule has 0 radical (unpaired) electrons. The van der Waals surface area contributed by atoms with Crippen molar-refractivity contribution in [2.24, 2.45) is 29.1 Å². The normalized spacial score (nSPS) is 38.8. The maximum Gasteiger partial charge on any atom is 0.312 e. The highest BCUT2D eigenvalue weighted by atomic mass is 16.6. The van der Waals surface area contributed by atoms with Gasteiger partial charge in [-0.05, 0) is 36.5 Å². The monoisotopic (exact) mass is 680 g/mol. The van der Waals surface area contributed by atoms with Gasteiger partial charge in [0.05, 0.1) is 12.5 Å². The Morgan fingerprint density at radius 1 is 0.958 bits per heavy atom. The zero-order valence-electron chi connectivity index (χ0n) is 28.7. The number of fused-ring (bicyclic) bond motifs is 3. The van der Waals surface area contributed by atoms with E-state index in [1.807, 2.05) is 13.8 Å². The Hall–Kier alpha value is -3.33. The first-order valence-electron chi connectivity index (χ1n) is 16.3. The summed E-state index contributed by atoms with van der Waals surface area (Å²) >= 11 is 0. The molecular weight excluding hydrogens is 632 g/mol. The van der Waals surface area contributed by atoms with Crippen LogP contribution >= 0.6 is 0 Å². The summed E-state index contributed by atoms with van der Waals surface area (Å²) in [5.74, 6) is -6.55. The highest BCUT2D eigenvalue weighted by Gasteiger charge is 2.79. The molecule has 4 aliphatic rings. The van der Waals surface area contributed by atoms with Crippen LogP contribution in [0.5, 0.6) is 0 Å². The Labute approximate surface area is 279 Å². The number of epoxide rings is 1. The summed E-state index contributed by atoms with van der Waals surface area (Å²) in [7, 11) is 0. The van der Waals surface area contributed by atoms with Crippen molar-refractivity contribution in [1.29, 1.82) is 0 Å². The summed E-state index contributed by atoms with van der Waals surface area (Å²) in [4.78, 5) is 64.0. The minimum Gasteiger partial charge on any atom is -0.461 e. The molecule has 1 spiro atoms. The molecule has 4 rings (SSSR count). The van der Waals surface area contributed by atoms with Gasteiger partial charge in [0.1, 0.15) is 36.6 Å². The fraction of sp³-hybridized carbons (Fsp3) is 0.735. The van der Waals surface area contributed by atoms with Crippen molar-refractivity contribution < 1.29 is 67.7 Å². The van der Waals surface area contributed by atoms with Gasteiger partial charge in [0.15, 0.2) is 17.8 Å². The average molecular weight is 681 g/mol. The summed E-state index contributed by atoms with van der Waals surface area (Å²) in [6.45, 7) is 11.8. The molecule has 0 aromatic heterocycles. The SMILES string of the molecule is CC(=O)O[C@H]1C=CC(COC(=O)CC(C)C)=C[C@@H]2OC(=O)[C@H](C)[C@@]2(O)[C@@H](OC(C)=O)[C@H]2[C@@]3(CO3)[C@H](O)[C@H](OC(=O)CC(C)C)[C@H](O)[C@]12C. The number of esters is 5. The van der Waals surface area contributed by atoms with Crippen LogP contribution in [0.15, 0.2) is 23.8 Å². The highest BCUT2D eigenvalue weighted by Crippen LogP contribution is 2.62. The fourth-order valence-corrected chi connectivity index (χ4v) is 7.33. The minimum absolute atomic E-state index is 0.00482. The second kappa shape index (κ2) is 13.9. The lowest BCUT2D eigenvalue weighted by Gasteiger charge is -2.58. The van der Waals surface area contributed by atoms with Crippen LogP contribution in [-0.2, 0) is 52.4 Å². The Balaban J connectivity index is 1.97. The van der Waals surface area contributed by atoms with Crippen LogP contribution in [0.25, 0.3) is 0 Å². The van der Waals surface area contributed by atoms with E-state index in [0.717, 1.165) is 13.8 Å². The molecule has 14 heteroatoms. The Bertz CT molecular complexity index is 1350. The number of carbonyl (C=O) groups excluding carboxylic acids is 5.